The van der Waals surface area contributed by atoms with Gasteiger partial charge in [0, 0.05) is 31.5 Å². The van der Waals surface area contributed by atoms with E-state index in [1.807, 2.05) is 18.2 Å². The first kappa shape index (κ1) is 27.5. The monoisotopic (exact) mass is 546 g/mol. The predicted octanol–water partition coefficient (Wildman–Crippen LogP) is 4.31. The Morgan fingerprint density at radius 1 is 1.23 bits per heavy atom. The summed E-state index contributed by atoms with van der Waals surface area (Å²) < 4.78 is 11.3. The van der Waals surface area contributed by atoms with Gasteiger partial charge in [-0.1, -0.05) is 19.9 Å². The van der Waals surface area contributed by atoms with Crippen LogP contribution in [0.4, 0.5) is 5.69 Å². The zero-order chi connectivity index (χ0) is 22.1. The molecule has 0 radical (unpaired) electrons. The topological polar surface area (TPSA) is 84.0 Å². The van der Waals surface area contributed by atoms with Crippen molar-refractivity contribution in [1.29, 1.82) is 0 Å². The maximum Gasteiger partial charge on any atom is 0.221 e. The molecule has 0 heterocycles. The zero-order valence-electron chi connectivity index (χ0n) is 19.7. The molecule has 1 aromatic carbocycles. The quantitative estimate of drug-likeness (QED) is 0.232. The van der Waals surface area contributed by atoms with Crippen molar-refractivity contribution in [2.75, 3.05) is 25.6 Å². The second-order valence-corrected chi connectivity index (χ2v) is 7.73. The molecule has 0 bridgehead atoms. The lowest BCUT2D eigenvalue weighted by Crippen LogP contribution is -2.65. The number of halogens is 1. The first-order valence-corrected chi connectivity index (χ1v) is 11.0. The number of nitrogens with zero attached hydrogens (tertiary/aromatic N) is 1. The number of guanidine groups is 1. The Bertz CT molecular complexity index is 738. The summed E-state index contributed by atoms with van der Waals surface area (Å²) in [4.78, 5) is 16.3. The van der Waals surface area contributed by atoms with Crippen molar-refractivity contribution in [3.63, 3.8) is 0 Å². The Kier molecular flexibility index (Phi) is 11.6. The third-order valence-electron chi connectivity index (χ3n) is 6.12. The fraction of sp³-hybridized carbons (Fsp3) is 0.652. The van der Waals surface area contributed by atoms with Gasteiger partial charge in [0.25, 0.3) is 0 Å². The minimum Gasteiger partial charge on any atom is -0.495 e. The lowest BCUT2D eigenvalue weighted by Gasteiger charge is -2.55. The number of hydrogen-bond acceptors (Lipinski definition) is 4. The molecule has 31 heavy (non-hydrogen) atoms. The number of rotatable bonds is 10. The molecule has 3 N–H and O–H groups in total. The van der Waals surface area contributed by atoms with E-state index >= 15 is 0 Å². The van der Waals surface area contributed by atoms with Crippen LogP contribution in [0, 0.1) is 5.41 Å². The zero-order valence-corrected chi connectivity index (χ0v) is 22.0. The first-order chi connectivity index (χ1) is 14.4. The third kappa shape index (κ3) is 6.71. The molecule has 176 valence electrons. The van der Waals surface area contributed by atoms with Gasteiger partial charge in [0.05, 0.1) is 25.4 Å². The molecule has 0 saturated heterocycles. The van der Waals surface area contributed by atoms with Crippen molar-refractivity contribution in [2.24, 2.45) is 10.4 Å². The van der Waals surface area contributed by atoms with Gasteiger partial charge in [-0.05, 0) is 50.8 Å². The molecule has 2 atom stereocenters. The molecule has 1 amide bonds. The van der Waals surface area contributed by atoms with E-state index in [-0.39, 0.29) is 35.3 Å². The van der Waals surface area contributed by atoms with Gasteiger partial charge in [0.2, 0.25) is 5.91 Å². The molecule has 0 aromatic heterocycles. The third-order valence-corrected chi connectivity index (χ3v) is 6.12. The number of amides is 1. The van der Waals surface area contributed by atoms with Gasteiger partial charge < -0.3 is 25.4 Å². The highest BCUT2D eigenvalue weighted by atomic mass is 127. The molecule has 8 heteroatoms. The van der Waals surface area contributed by atoms with Crippen molar-refractivity contribution >= 4 is 41.5 Å². The lowest BCUT2D eigenvalue weighted by atomic mass is 9.58. The molecule has 1 aliphatic rings. The van der Waals surface area contributed by atoms with Crippen LogP contribution in [-0.2, 0) is 16.1 Å². The minimum absolute atomic E-state index is 0. The van der Waals surface area contributed by atoms with Crippen molar-refractivity contribution in [3.8, 4) is 5.75 Å². The highest BCUT2D eigenvalue weighted by molar-refractivity contribution is 14.0. The van der Waals surface area contributed by atoms with E-state index in [1.165, 1.54) is 6.92 Å². The molecule has 1 fully saturated rings. The van der Waals surface area contributed by atoms with Gasteiger partial charge in [-0.3, -0.25) is 4.79 Å². The molecule has 7 nitrogen and oxygen atoms in total. The summed E-state index contributed by atoms with van der Waals surface area (Å²) in [5, 5.41) is 9.81. The molecule has 0 spiro atoms. The molecule has 1 aromatic rings. The van der Waals surface area contributed by atoms with Crippen LogP contribution in [0.25, 0.3) is 0 Å². The number of ether oxygens (including phenoxy) is 2. The van der Waals surface area contributed by atoms with Crippen LogP contribution < -0.4 is 20.7 Å². The van der Waals surface area contributed by atoms with Crippen LogP contribution in [0.2, 0.25) is 0 Å². The lowest BCUT2D eigenvalue weighted by molar-refractivity contribution is -0.133. The summed E-state index contributed by atoms with van der Waals surface area (Å²) in [6, 6.07) is 6.07. The van der Waals surface area contributed by atoms with Crippen LogP contribution in [0.3, 0.4) is 0 Å². The Balaban J connectivity index is 0.00000480. The molecule has 0 aliphatic heterocycles. The van der Waals surface area contributed by atoms with Crippen molar-refractivity contribution in [1.82, 2.24) is 10.6 Å². The maximum atomic E-state index is 11.5. The Labute approximate surface area is 204 Å². The highest BCUT2D eigenvalue weighted by Crippen LogP contribution is 2.48. The number of carbonyl (C=O) groups is 1. The number of anilines is 1. The second-order valence-electron chi connectivity index (χ2n) is 7.73. The Hall–Kier alpha value is -1.55. The maximum absolute atomic E-state index is 11.5. The predicted molar refractivity (Wildman–Crippen MR) is 137 cm³/mol. The number of benzene rings is 1. The van der Waals surface area contributed by atoms with Gasteiger partial charge in [0.1, 0.15) is 5.75 Å². The molecule has 2 unspecified atom stereocenters. The van der Waals surface area contributed by atoms with Gasteiger partial charge in [-0.25, -0.2) is 4.99 Å². The van der Waals surface area contributed by atoms with E-state index in [2.05, 4.69) is 43.6 Å². The van der Waals surface area contributed by atoms with E-state index in [0.717, 1.165) is 43.9 Å². The molecule has 1 saturated carbocycles. The van der Waals surface area contributed by atoms with Crippen LogP contribution in [0.5, 0.6) is 5.75 Å². The molecular weight excluding hydrogens is 507 g/mol. The summed E-state index contributed by atoms with van der Waals surface area (Å²) in [7, 11) is 1.59. The number of nitrogens with one attached hydrogen (secondary N) is 3. The second kappa shape index (κ2) is 13.1. The van der Waals surface area contributed by atoms with E-state index in [1.54, 1.807) is 7.11 Å². The Morgan fingerprint density at radius 3 is 2.48 bits per heavy atom. The van der Waals surface area contributed by atoms with E-state index in [9.17, 15) is 4.79 Å². The summed E-state index contributed by atoms with van der Waals surface area (Å²) in [5.74, 6) is 1.31. The van der Waals surface area contributed by atoms with Crippen LogP contribution in [0.1, 0.15) is 59.4 Å². The number of methoxy groups -OCH3 is 1. The smallest absolute Gasteiger partial charge is 0.221 e. The SMILES string of the molecule is CCNC(=NCc1ccc(OC)c(NC(C)=O)c1)NC1CC(OCC)C1(CC)CC.I. The van der Waals surface area contributed by atoms with Crippen molar-refractivity contribution < 1.29 is 14.3 Å². The summed E-state index contributed by atoms with van der Waals surface area (Å²) in [6.07, 6.45) is 3.45. The van der Waals surface area contributed by atoms with E-state index in [0.29, 0.717) is 30.1 Å². The van der Waals surface area contributed by atoms with Crippen molar-refractivity contribution in [2.45, 2.75) is 72.6 Å². The fourth-order valence-electron chi connectivity index (χ4n) is 4.38. The van der Waals surface area contributed by atoms with Crippen LogP contribution in [0.15, 0.2) is 23.2 Å². The molecule has 1 aliphatic carbocycles. The average Bonchev–Trinajstić information content (AvgIpc) is 2.72. The van der Waals surface area contributed by atoms with Gasteiger partial charge in [-0.2, -0.15) is 0 Å². The van der Waals surface area contributed by atoms with Crippen molar-refractivity contribution in [3.05, 3.63) is 23.8 Å². The van der Waals surface area contributed by atoms with Gasteiger partial charge in [-0.15, -0.1) is 24.0 Å². The van der Waals surface area contributed by atoms with Crippen LogP contribution in [-0.4, -0.2) is 44.3 Å². The normalized spacial score (nSPS) is 19.6. The van der Waals surface area contributed by atoms with E-state index < -0.39 is 0 Å². The number of aliphatic imine (C=N–C) groups is 1. The minimum atomic E-state index is -0.131. The average molecular weight is 546 g/mol. The van der Waals surface area contributed by atoms with Gasteiger partial charge in [0.15, 0.2) is 5.96 Å². The standard InChI is InChI=1S/C23H38N4O3.HI/c1-7-23(8-2)20(14-21(23)30-10-4)27-22(24-9-3)25-15-17-11-12-19(29-6)18(13-17)26-16(5)28;/h11-13,20-21H,7-10,14-15H2,1-6H3,(H,26,28)(H2,24,25,27);1H. The largest absolute Gasteiger partial charge is 0.495 e. The fourth-order valence-corrected chi connectivity index (χ4v) is 4.38. The summed E-state index contributed by atoms with van der Waals surface area (Å²) in [6.45, 7) is 12.1. The van der Waals surface area contributed by atoms with Gasteiger partial charge >= 0.3 is 0 Å². The molecular formula is C23H39IN4O3. The first-order valence-electron chi connectivity index (χ1n) is 11.0. The van der Waals surface area contributed by atoms with E-state index in [4.69, 9.17) is 14.5 Å². The highest BCUT2D eigenvalue weighted by Gasteiger charge is 2.53. The summed E-state index contributed by atoms with van der Waals surface area (Å²) >= 11 is 0. The van der Waals surface area contributed by atoms with Crippen LogP contribution >= 0.6 is 24.0 Å². The number of carbonyl (C=O) groups excluding carboxylic acids is 1. The molecule has 2 rings (SSSR count). The summed E-state index contributed by atoms with van der Waals surface area (Å²) in [5.41, 5.74) is 1.80. The Morgan fingerprint density at radius 2 is 1.94 bits per heavy atom. The number of hydrogen-bond donors (Lipinski definition) is 3.